The van der Waals surface area contributed by atoms with Crippen LogP contribution >= 0.6 is 0 Å². The molecule has 0 aliphatic carbocycles. The Morgan fingerprint density at radius 3 is 2.53 bits per heavy atom. The third kappa shape index (κ3) is 3.53. The van der Waals surface area contributed by atoms with Crippen LogP contribution in [0.25, 0.3) is 49.9 Å². The Hall–Kier alpha value is -4.03. The van der Waals surface area contributed by atoms with Crippen molar-refractivity contribution in [3.05, 3.63) is 84.7 Å². The Labute approximate surface area is 197 Å². The number of nitrogens with one attached hydrogen (secondary N) is 2. The summed E-state index contributed by atoms with van der Waals surface area (Å²) in [6.07, 6.45) is 3.76. The molecular weight excluding hydrogens is 420 g/mol. The number of hydrogen-bond donors (Lipinski definition) is 2. The Kier molecular flexibility index (Phi) is 4.71. The van der Waals surface area contributed by atoms with Crippen LogP contribution in [0.1, 0.15) is 26.3 Å². The molecule has 6 nitrogen and oxygen atoms in total. The molecule has 6 rings (SSSR count). The largest absolute Gasteiger partial charge is 0.337 e. The fourth-order valence-electron chi connectivity index (χ4n) is 4.40. The van der Waals surface area contributed by atoms with Gasteiger partial charge in [0, 0.05) is 34.4 Å². The first-order chi connectivity index (χ1) is 16.5. The lowest BCUT2D eigenvalue weighted by atomic mass is 10.1. The van der Waals surface area contributed by atoms with E-state index in [9.17, 15) is 0 Å². The summed E-state index contributed by atoms with van der Waals surface area (Å²) >= 11 is 0. The third-order valence-corrected chi connectivity index (χ3v) is 6.09. The average Bonchev–Trinajstić information content (AvgIpc) is 3.44. The van der Waals surface area contributed by atoms with E-state index in [2.05, 4.69) is 78.5 Å². The number of nitrogens with zero attached hydrogens (tertiary/aromatic N) is 4. The van der Waals surface area contributed by atoms with Crippen molar-refractivity contribution in [3.8, 4) is 17.2 Å². The van der Waals surface area contributed by atoms with E-state index in [1.54, 1.807) is 0 Å². The molecule has 0 bridgehead atoms. The summed E-state index contributed by atoms with van der Waals surface area (Å²) < 4.78 is 1.98. The monoisotopic (exact) mass is 446 g/mol. The number of imidazole rings is 1. The predicted octanol–water partition coefficient (Wildman–Crippen LogP) is 6.01. The third-order valence-electron chi connectivity index (χ3n) is 6.09. The molecule has 2 N–H and O–H groups in total. The van der Waals surface area contributed by atoms with Gasteiger partial charge in [-0.1, -0.05) is 54.6 Å². The molecule has 6 aromatic rings. The SMILES string of the molecule is CC(C)(C)NCc1cccc2[nH]c(-c3nn(-c4cncc5ccccc45)c4ccccc34)nc12. The Morgan fingerprint density at radius 2 is 1.68 bits per heavy atom. The van der Waals surface area contributed by atoms with Crippen LogP contribution in [0.3, 0.4) is 0 Å². The first-order valence-corrected chi connectivity index (χ1v) is 11.5. The van der Waals surface area contributed by atoms with E-state index in [1.165, 1.54) is 0 Å². The molecule has 0 radical (unpaired) electrons. The van der Waals surface area contributed by atoms with Crippen molar-refractivity contribution in [1.29, 1.82) is 0 Å². The Bertz CT molecular complexity index is 1650. The number of para-hydroxylation sites is 2. The summed E-state index contributed by atoms with van der Waals surface area (Å²) in [5, 5.41) is 11.9. The van der Waals surface area contributed by atoms with Crippen LogP contribution in [0.5, 0.6) is 0 Å². The van der Waals surface area contributed by atoms with Gasteiger partial charge in [-0.3, -0.25) is 4.98 Å². The van der Waals surface area contributed by atoms with Crippen LogP contribution in [0.2, 0.25) is 0 Å². The van der Waals surface area contributed by atoms with Gasteiger partial charge in [0.15, 0.2) is 5.82 Å². The molecule has 0 aliphatic heterocycles. The second-order valence-corrected chi connectivity index (χ2v) is 9.66. The molecule has 0 unspecified atom stereocenters. The van der Waals surface area contributed by atoms with Gasteiger partial charge in [-0.05, 0) is 38.5 Å². The Balaban J connectivity index is 1.53. The van der Waals surface area contributed by atoms with Crippen LogP contribution in [0, 0.1) is 0 Å². The lowest BCUT2D eigenvalue weighted by Gasteiger charge is -2.20. The zero-order chi connectivity index (χ0) is 23.3. The van der Waals surface area contributed by atoms with Crippen LogP contribution < -0.4 is 5.32 Å². The van der Waals surface area contributed by atoms with Gasteiger partial charge in [-0.2, -0.15) is 5.10 Å². The van der Waals surface area contributed by atoms with Gasteiger partial charge in [0.1, 0.15) is 5.69 Å². The fraction of sp³-hybridized carbons (Fsp3) is 0.179. The van der Waals surface area contributed by atoms with Crippen molar-refractivity contribution in [2.45, 2.75) is 32.9 Å². The molecule has 3 aromatic heterocycles. The highest BCUT2D eigenvalue weighted by atomic mass is 15.3. The molecule has 168 valence electrons. The van der Waals surface area contributed by atoms with Gasteiger partial charge in [0.05, 0.1) is 28.4 Å². The number of rotatable bonds is 4. The van der Waals surface area contributed by atoms with E-state index in [1.807, 2.05) is 41.3 Å². The van der Waals surface area contributed by atoms with E-state index in [0.29, 0.717) is 0 Å². The number of hydrogen-bond acceptors (Lipinski definition) is 4. The van der Waals surface area contributed by atoms with Crippen molar-refractivity contribution in [3.63, 3.8) is 0 Å². The molecule has 0 atom stereocenters. The van der Waals surface area contributed by atoms with E-state index < -0.39 is 0 Å². The van der Waals surface area contributed by atoms with Crippen molar-refractivity contribution in [2.24, 2.45) is 0 Å². The maximum Gasteiger partial charge on any atom is 0.159 e. The topological polar surface area (TPSA) is 71.4 Å². The van der Waals surface area contributed by atoms with Crippen LogP contribution in [-0.4, -0.2) is 30.3 Å². The zero-order valence-electron chi connectivity index (χ0n) is 19.5. The minimum atomic E-state index is 0.0305. The lowest BCUT2D eigenvalue weighted by Crippen LogP contribution is -2.35. The summed E-state index contributed by atoms with van der Waals surface area (Å²) in [5.74, 6) is 0.765. The number of benzene rings is 3. The fourth-order valence-corrected chi connectivity index (χ4v) is 4.40. The smallest absolute Gasteiger partial charge is 0.159 e. The molecule has 0 saturated carbocycles. The number of H-pyrrole nitrogens is 1. The molecule has 0 saturated heterocycles. The molecule has 34 heavy (non-hydrogen) atoms. The number of pyridine rings is 1. The summed E-state index contributed by atoms with van der Waals surface area (Å²) in [7, 11) is 0. The van der Waals surface area contributed by atoms with Crippen molar-refractivity contribution >= 4 is 32.7 Å². The second kappa shape index (κ2) is 7.78. The normalized spacial score (nSPS) is 12.2. The first kappa shape index (κ1) is 20.6. The van der Waals surface area contributed by atoms with Crippen LogP contribution in [0.4, 0.5) is 0 Å². The van der Waals surface area contributed by atoms with Crippen molar-refractivity contribution in [1.82, 2.24) is 30.0 Å². The maximum atomic E-state index is 5.06. The maximum absolute atomic E-state index is 5.06. The van der Waals surface area contributed by atoms with Crippen molar-refractivity contribution < 1.29 is 0 Å². The molecule has 3 aromatic carbocycles. The van der Waals surface area contributed by atoms with Gasteiger partial charge in [0.25, 0.3) is 0 Å². The number of aromatic amines is 1. The predicted molar refractivity (Wildman–Crippen MR) is 138 cm³/mol. The molecule has 0 fully saturated rings. The van der Waals surface area contributed by atoms with Gasteiger partial charge in [0.2, 0.25) is 0 Å². The summed E-state index contributed by atoms with van der Waals surface area (Å²) in [6.45, 7) is 7.26. The minimum absolute atomic E-state index is 0.0305. The van der Waals surface area contributed by atoms with E-state index in [0.717, 1.165) is 62.0 Å². The molecular formula is C28H26N6. The molecule has 0 amide bonds. The second-order valence-electron chi connectivity index (χ2n) is 9.66. The van der Waals surface area contributed by atoms with Gasteiger partial charge >= 0.3 is 0 Å². The highest BCUT2D eigenvalue weighted by molar-refractivity contribution is 5.97. The summed E-state index contributed by atoms with van der Waals surface area (Å²) in [4.78, 5) is 13.0. The first-order valence-electron chi connectivity index (χ1n) is 11.5. The molecule has 0 aliphatic rings. The highest BCUT2D eigenvalue weighted by Gasteiger charge is 2.19. The van der Waals surface area contributed by atoms with Crippen LogP contribution in [0.15, 0.2) is 79.1 Å². The van der Waals surface area contributed by atoms with E-state index in [-0.39, 0.29) is 5.54 Å². The quantitative estimate of drug-likeness (QED) is 0.348. The molecule has 0 spiro atoms. The molecule has 6 heteroatoms. The van der Waals surface area contributed by atoms with Gasteiger partial charge < -0.3 is 10.3 Å². The minimum Gasteiger partial charge on any atom is -0.337 e. The summed E-state index contributed by atoms with van der Waals surface area (Å²) in [5.41, 5.74) is 5.97. The van der Waals surface area contributed by atoms with Gasteiger partial charge in [-0.25, -0.2) is 9.67 Å². The average molecular weight is 447 g/mol. The van der Waals surface area contributed by atoms with Gasteiger partial charge in [-0.15, -0.1) is 0 Å². The van der Waals surface area contributed by atoms with E-state index >= 15 is 0 Å². The lowest BCUT2D eigenvalue weighted by molar-refractivity contribution is 0.425. The number of fused-ring (bicyclic) bond motifs is 3. The van der Waals surface area contributed by atoms with Crippen LogP contribution in [-0.2, 0) is 6.54 Å². The summed E-state index contributed by atoms with van der Waals surface area (Å²) in [6, 6.07) is 22.8. The Morgan fingerprint density at radius 1 is 0.882 bits per heavy atom. The number of aromatic nitrogens is 5. The van der Waals surface area contributed by atoms with Crippen molar-refractivity contribution in [2.75, 3.05) is 0 Å². The molecule has 3 heterocycles. The van der Waals surface area contributed by atoms with E-state index in [4.69, 9.17) is 10.1 Å². The zero-order valence-corrected chi connectivity index (χ0v) is 19.5. The standard InChI is InChI=1S/C28H26N6/c1-28(2,3)30-16-19-10-8-13-22-25(19)32-27(31-22)26-21-12-6-7-14-23(21)34(33-26)24-17-29-15-18-9-4-5-11-20(18)24/h4-15,17,30H,16H2,1-3H3,(H,31,32). The highest BCUT2D eigenvalue weighted by Crippen LogP contribution is 2.32.